The molecule has 0 unspecified atom stereocenters. The lowest BCUT2D eigenvalue weighted by atomic mass is 10.1. The van der Waals surface area contributed by atoms with Crippen molar-refractivity contribution in [3.63, 3.8) is 0 Å². The number of carbonyl (C=O) groups excluding carboxylic acids is 1. The smallest absolute Gasteiger partial charge is 0.228 e. The summed E-state index contributed by atoms with van der Waals surface area (Å²) in [7, 11) is 3.48. The van der Waals surface area contributed by atoms with Gasteiger partial charge in [0.1, 0.15) is 16.6 Å². The molecular formula is C24H21N5O2S. The molecule has 4 aromatic rings. The zero-order valence-corrected chi connectivity index (χ0v) is 18.5. The van der Waals surface area contributed by atoms with Crippen molar-refractivity contribution in [1.82, 2.24) is 15.0 Å². The third-order valence-electron chi connectivity index (χ3n) is 5.25. The Labute approximate surface area is 189 Å². The van der Waals surface area contributed by atoms with Crippen LogP contribution >= 0.6 is 11.3 Å². The number of amides is 1. The molecule has 1 fully saturated rings. The number of benzene rings is 1. The van der Waals surface area contributed by atoms with Gasteiger partial charge >= 0.3 is 0 Å². The van der Waals surface area contributed by atoms with Gasteiger partial charge < -0.3 is 15.4 Å². The highest BCUT2D eigenvalue weighted by Crippen LogP contribution is 2.31. The number of aromatic nitrogens is 3. The van der Waals surface area contributed by atoms with E-state index in [1.54, 1.807) is 30.8 Å². The lowest BCUT2D eigenvalue weighted by Gasteiger charge is -2.09. The number of methoxy groups -OCH3 is 1. The number of anilines is 2. The topological polar surface area (TPSA) is 89.0 Å². The number of thiazole rings is 1. The minimum Gasteiger partial charge on any atom is -0.378 e. The summed E-state index contributed by atoms with van der Waals surface area (Å²) in [4.78, 5) is 25.6. The molecule has 1 aliphatic carbocycles. The highest BCUT2D eigenvalue weighted by molar-refractivity contribution is 7.18. The molecule has 0 atom stereocenters. The minimum atomic E-state index is 0.0260. The van der Waals surface area contributed by atoms with Crippen molar-refractivity contribution in [2.24, 2.45) is 5.92 Å². The van der Waals surface area contributed by atoms with E-state index in [9.17, 15) is 4.79 Å². The van der Waals surface area contributed by atoms with Crippen LogP contribution in [0.1, 0.15) is 29.0 Å². The molecule has 0 saturated heterocycles. The lowest BCUT2D eigenvalue weighted by molar-refractivity contribution is -0.117. The first-order chi connectivity index (χ1) is 15.6. The zero-order valence-electron chi connectivity index (χ0n) is 17.7. The van der Waals surface area contributed by atoms with Crippen LogP contribution in [0.4, 0.5) is 11.6 Å². The molecule has 0 aliphatic heterocycles. The molecule has 0 bridgehead atoms. The number of fused-ring (bicyclic) bond motifs is 2. The van der Waals surface area contributed by atoms with E-state index < -0.39 is 0 Å². The Morgan fingerprint density at radius 3 is 2.84 bits per heavy atom. The molecule has 1 amide bonds. The van der Waals surface area contributed by atoms with Gasteiger partial charge in [-0.25, -0.2) is 15.0 Å². The fraction of sp³-hybridized carbons (Fsp3) is 0.250. The Bertz CT molecular complexity index is 1400. The van der Waals surface area contributed by atoms with E-state index in [-0.39, 0.29) is 11.8 Å². The predicted octanol–water partition coefficient (Wildman–Crippen LogP) is 4.18. The molecule has 0 spiro atoms. The van der Waals surface area contributed by atoms with Crippen molar-refractivity contribution >= 4 is 49.9 Å². The maximum Gasteiger partial charge on any atom is 0.228 e. The van der Waals surface area contributed by atoms with Crippen LogP contribution in [-0.4, -0.2) is 35.0 Å². The fourth-order valence-corrected chi connectivity index (χ4v) is 4.43. The van der Waals surface area contributed by atoms with E-state index in [4.69, 9.17) is 4.74 Å². The average Bonchev–Trinajstić information content (AvgIpc) is 3.58. The number of carbonyl (C=O) groups is 1. The predicted molar refractivity (Wildman–Crippen MR) is 127 cm³/mol. The number of ether oxygens (including phenoxy) is 1. The zero-order chi connectivity index (χ0) is 22.1. The van der Waals surface area contributed by atoms with Gasteiger partial charge in [0.15, 0.2) is 0 Å². The Kier molecular flexibility index (Phi) is 5.43. The van der Waals surface area contributed by atoms with Crippen LogP contribution in [0.15, 0.2) is 36.7 Å². The normalized spacial score (nSPS) is 13.1. The molecule has 0 radical (unpaired) electrons. The molecule has 3 heterocycles. The summed E-state index contributed by atoms with van der Waals surface area (Å²) >= 11 is 1.61. The Hall–Kier alpha value is -3.54. The second kappa shape index (κ2) is 8.54. The first-order valence-electron chi connectivity index (χ1n) is 10.3. The Morgan fingerprint density at radius 1 is 1.19 bits per heavy atom. The maximum absolute atomic E-state index is 12.2. The van der Waals surface area contributed by atoms with Crippen LogP contribution in [-0.2, 0) is 16.1 Å². The van der Waals surface area contributed by atoms with E-state index in [2.05, 4.69) is 37.4 Å². The van der Waals surface area contributed by atoms with Crippen LogP contribution in [0, 0.1) is 17.8 Å². The minimum absolute atomic E-state index is 0.0260. The lowest BCUT2D eigenvalue weighted by Crippen LogP contribution is -2.14. The number of nitrogens with one attached hydrogen (secondary N) is 2. The summed E-state index contributed by atoms with van der Waals surface area (Å²) in [6, 6.07) is 7.85. The summed E-state index contributed by atoms with van der Waals surface area (Å²) < 4.78 is 6.25. The van der Waals surface area contributed by atoms with Crippen LogP contribution in [0.5, 0.6) is 0 Å². The van der Waals surface area contributed by atoms with Crippen LogP contribution < -0.4 is 10.6 Å². The Balaban J connectivity index is 1.51. The summed E-state index contributed by atoms with van der Waals surface area (Å²) in [5.74, 6) is 7.88. The first kappa shape index (κ1) is 20.4. The van der Waals surface area contributed by atoms with Gasteiger partial charge in [-0.1, -0.05) is 11.8 Å². The third kappa shape index (κ3) is 4.13. The molecule has 1 aromatic carbocycles. The second-order valence-electron chi connectivity index (χ2n) is 7.62. The molecule has 7 nitrogen and oxygen atoms in total. The van der Waals surface area contributed by atoms with Gasteiger partial charge in [-0.3, -0.25) is 4.79 Å². The molecule has 1 saturated carbocycles. The number of rotatable bonds is 5. The van der Waals surface area contributed by atoms with E-state index >= 15 is 0 Å². The van der Waals surface area contributed by atoms with Crippen LogP contribution in [0.3, 0.4) is 0 Å². The van der Waals surface area contributed by atoms with Crippen LogP contribution in [0.25, 0.3) is 21.0 Å². The highest BCUT2D eigenvalue weighted by atomic mass is 32.1. The van der Waals surface area contributed by atoms with Gasteiger partial charge in [0.05, 0.1) is 22.4 Å². The molecule has 32 heavy (non-hydrogen) atoms. The van der Waals surface area contributed by atoms with E-state index in [0.717, 1.165) is 55.8 Å². The molecule has 5 rings (SSSR count). The van der Waals surface area contributed by atoms with Gasteiger partial charge in [-0.15, -0.1) is 11.3 Å². The summed E-state index contributed by atoms with van der Waals surface area (Å²) in [6.07, 6.45) is 5.36. The molecule has 3 aromatic heterocycles. The number of pyridine rings is 2. The molecular weight excluding hydrogens is 422 g/mol. The number of hydrogen-bond donors (Lipinski definition) is 2. The van der Waals surface area contributed by atoms with Crippen molar-refractivity contribution in [1.29, 1.82) is 0 Å². The SMILES string of the molecule is CNc1ncc(C#Cc2ccc3nc(COC)sc3c2)c2cc(NC(=O)C3CC3)ncc12. The highest BCUT2D eigenvalue weighted by Gasteiger charge is 2.29. The van der Waals surface area contributed by atoms with E-state index in [1.807, 2.05) is 31.3 Å². The molecule has 2 N–H and O–H groups in total. The molecule has 8 heteroatoms. The van der Waals surface area contributed by atoms with Gasteiger partial charge in [0.2, 0.25) is 5.91 Å². The van der Waals surface area contributed by atoms with E-state index in [0.29, 0.717) is 12.4 Å². The van der Waals surface area contributed by atoms with Gasteiger partial charge in [0.25, 0.3) is 0 Å². The summed E-state index contributed by atoms with van der Waals surface area (Å²) in [6.45, 7) is 0.503. The molecule has 160 valence electrons. The Morgan fingerprint density at radius 2 is 2.06 bits per heavy atom. The number of hydrogen-bond acceptors (Lipinski definition) is 7. The van der Waals surface area contributed by atoms with E-state index in [1.165, 1.54) is 0 Å². The third-order valence-corrected chi connectivity index (χ3v) is 6.24. The van der Waals surface area contributed by atoms with Gasteiger partial charge in [0, 0.05) is 48.8 Å². The fourth-order valence-electron chi connectivity index (χ4n) is 3.45. The first-order valence-corrected chi connectivity index (χ1v) is 11.1. The standard InChI is InChI=1S/C24H21N5O2S/c1-25-23-18-12-26-21(29-24(30)15-6-7-15)10-17(18)16(11-27-23)5-3-14-4-8-19-20(9-14)32-22(28-19)13-31-2/h4,8-12,15H,6-7,13H2,1-2H3,(H,25,27)(H,26,29,30). The summed E-state index contributed by atoms with van der Waals surface area (Å²) in [5, 5.41) is 8.69. The summed E-state index contributed by atoms with van der Waals surface area (Å²) in [5.41, 5.74) is 2.61. The molecule has 1 aliphatic rings. The van der Waals surface area contributed by atoms with Crippen molar-refractivity contribution < 1.29 is 9.53 Å². The van der Waals surface area contributed by atoms with Crippen molar-refractivity contribution in [2.75, 3.05) is 24.8 Å². The quantitative estimate of drug-likeness (QED) is 0.450. The number of nitrogens with zero attached hydrogens (tertiary/aromatic N) is 3. The van der Waals surface area contributed by atoms with Crippen LogP contribution in [0.2, 0.25) is 0 Å². The largest absolute Gasteiger partial charge is 0.378 e. The maximum atomic E-state index is 12.2. The van der Waals surface area contributed by atoms with Crippen molar-refractivity contribution in [3.05, 3.63) is 52.8 Å². The van der Waals surface area contributed by atoms with Crippen molar-refractivity contribution in [3.8, 4) is 11.8 Å². The second-order valence-corrected chi connectivity index (χ2v) is 8.74. The monoisotopic (exact) mass is 443 g/mol. The van der Waals surface area contributed by atoms with Crippen molar-refractivity contribution in [2.45, 2.75) is 19.4 Å². The average molecular weight is 444 g/mol. The van der Waals surface area contributed by atoms with Gasteiger partial charge in [-0.2, -0.15) is 0 Å². The van der Waals surface area contributed by atoms with Gasteiger partial charge in [-0.05, 0) is 37.1 Å².